The minimum absolute atomic E-state index is 0.330. The summed E-state index contributed by atoms with van der Waals surface area (Å²) in [5.74, 6) is 1.63. The Balaban J connectivity index is 1.57. The number of aromatic nitrogens is 2. The maximum Gasteiger partial charge on any atom is 0.252 e. The summed E-state index contributed by atoms with van der Waals surface area (Å²) in [6, 6.07) is 13.5. The van der Waals surface area contributed by atoms with Gasteiger partial charge < -0.3 is 4.90 Å². The molecule has 8 heteroatoms. The highest BCUT2D eigenvalue weighted by Crippen LogP contribution is 2.33. The standard InChI is InChI=1S/C22H24N4O2S2/c27-30(28,20-10-7-15-29-20)26-14-11-19-18(16-26)22(25-12-5-2-6-13-25)24-21(23-19)17-8-3-1-4-9-17/h1,3-4,7-10,15H,2,5-6,11-14,16H2. The van der Waals surface area contributed by atoms with Crippen LogP contribution in [0.15, 0.2) is 52.1 Å². The molecule has 0 atom stereocenters. The molecule has 156 valence electrons. The summed E-state index contributed by atoms with van der Waals surface area (Å²) in [4.78, 5) is 12.1. The first-order valence-corrected chi connectivity index (χ1v) is 12.7. The SMILES string of the molecule is O=S(=O)(c1cccs1)N1CCc2nc(-c3ccccc3)nc(N3CCCCC3)c2C1. The van der Waals surface area contributed by atoms with E-state index in [1.807, 2.05) is 30.3 Å². The Kier molecular flexibility index (Phi) is 5.30. The first kappa shape index (κ1) is 19.7. The predicted molar refractivity (Wildman–Crippen MR) is 119 cm³/mol. The number of nitrogens with zero attached hydrogens (tertiary/aromatic N) is 4. The Morgan fingerprint density at radius 2 is 1.70 bits per heavy atom. The van der Waals surface area contributed by atoms with E-state index in [-0.39, 0.29) is 0 Å². The van der Waals surface area contributed by atoms with Crippen LogP contribution in [0.1, 0.15) is 30.5 Å². The summed E-state index contributed by atoms with van der Waals surface area (Å²) >= 11 is 1.27. The van der Waals surface area contributed by atoms with Crippen LogP contribution in [-0.4, -0.2) is 42.3 Å². The fraction of sp³-hybridized carbons (Fsp3) is 0.364. The first-order valence-electron chi connectivity index (χ1n) is 10.4. The number of hydrogen-bond donors (Lipinski definition) is 0. The molecule has 0 radical (unpaired) electrons. The molecular formula is C22H24N4O2S2. The van der Waals surface area contributed by atoms with Gasteiger partial charge in [-0.05, 0) is 30.7 Å². The molecule has 0 spiro atoms. The van der Waals surface area contributed by atoms with E-state index in [0.717, 1.165) is 54.4 Å². The zero-order chi connectivity index (χ0) is 20.6. The summed E-state index contributed by atoms with van der Waals surface area (Å²) < 4.78 is 28.2. The second-order valence-electron chi connectivity index (χ2n) is 7.73. The molecule has 1 saturated heterocycles. The highest BCUT2D eigenvalue weighted by Gasteiger charge is 2.33. The Morgan fingerprint density at radius 1 is 0.900 bits per heavy atom. The van der Waals surface area contributed by atoms with Crippen LogP contribution in [0.3, 0.4) is 0 Å². The second-order valence-corrected chi connectivity index (χ2v) is 10.8. The summed E-state index contributed by atoms with van der Waals surface area (Å²) in [7, 11) is -3.49. The van der Waals surface area contributed by atoms with Gasteiger partial charge in [-0.15, -0.1) is 11.3 Å². The van der Waals surface area contributed by atoms with Crippen LogP contribution in [0, 0.1) is 0 Å². The largest absolute Gasteiger partial charge is 0.356 e. The van der Waals surface area contributed by atoms with E-state index in [1.54, 1.807) is 21.8 Å². The van der Waals surface area contributed by atoms with Crippen molar-refractivity contribution in [2.45, 2.75) is 36.4 Å². The van der Waals surface area contributed by atoms with Gasteiger partial charge in [0, 0.05) is 43.7 Å². The molecule has 3 aromatic rings. The topological polar surface area (TPSA) is 66.4 Å². The Hall–Kier alpha value is -2.29. The van der Waals surface area contributed by atoms with E-state index >= 15 is 0 Å². The number of benzene rings is 1. The molecule has 0 amide bonds. The maximum atomic E-state index is 13.1. The van der Waals surface area contributed by atoms with Gasteiger partial charge in [0.1, 0.15) is 10.0 Å². The monoisotopic (exact) mass is 440 g/mol. The van der Waals surface area contributed by atoms with E-state index in [2.05, 4.69) is 4.90 Å². The molecule has 2 aliphatic heterocycles. The minimum Gasteiger partial charge on any atom is -0.356 e. The summed E-state index contributed by atoms with van der Waals surface area (Å²) in [5.41, 5.74) is 2.93. The van der Waals surface area contributed by atoms with Gasteiger partial charge in [0.25, 0.3) is 10.0 Å². The third kappa shape index (κ3) is 3.64. The van der Waals surface area contributed by atoms with E-state index < -0.39 is 10.0 Å². The Labute approximate surface area is 181 Å². The van der Waals surface area contributed by atoms with Crippen molar-refractivity contribution in [2.24, 2.45) is 0 Å². The van der Waals surface area contributed by atoms with Crippen LogP contribution in [0.5, 0.6) is 0 Å². The lowest BCUT2D eigenvalue weighted by Gasteiger charge is -2.34. The van der Waals surface area contributed by atoms with Crippen LogP contribution in [-0.2, 0) is 23.0 Å². The van der Waals surface area contributed by atoms with Crippen molar-refractivity contribution in [3.63, 3.8) is 0 Å². The van der Waals surface area contributed by atoms with Crippen molar-refractivity contribution in [3.05, 3.63) is 59.1 Å². The molecule has 0 N–H and O–H groups in total. The summed E-state index contributed by atoms with van der Waals surface area (Å²) in [6.07, 6.45) is 4.10. The molecule has 0 saturated carbocycles. The normalized spacial score (nSPS) is 17.7. The van der Waals surface area contributed by atoms with Gasteiger partial charge in [0.15, 0.2) is 5.82 Å². The number of sulfonamides is 1. The molecule has 0 bridgehead atoms. The molecular weight excluding hydrogens is 416 g/mol. The van der Waals surface area contributed by atoms with Crippen LogP contribution in [0.4, 0.5) is 5.82 Å². The number of rotatable bonds is 4. The highest BCUT2D eigenvalue weighted by atomic mass is 32.2. The smallest absolute Gasteiger partial charge is 0.252 e. The Morgan fingerprint density at radius 3 is 2.43 bits per heavy atom. The minimum atomic E-state index is -3.49. The van der Waals surface area contributed by atoms with Gasteiger partial charge in [-0.3, -0.25) is 0 Å². The van der Waals surface area contributed by atoms with Crippen LogP contribution >= 0.6 is 11.3 Å². The molecule has 1 aromatic carbocycles. The van der Waals surface area contributed by atoms with Crippen molar-refractivity contribution < 1.29 is 8.42 Å². The molecule has 30 heavy (non-hydrogen) atoms. The summed E-state index contributed by atoms with van der Waals surface area (Å²) in [5, 5.41) is 1.80. The van der Waals surface area contributed by atoms with Gasteiger partial charge in [-0.2, -0.15) is 4.31 Å². The zero-order valence-electron chi connectivity index (χ0n) is 16.7. The lowest BCUT2D eigenvalue weighted by Crippen LogP contribution is -2.39. The van der Waals surface area contributed by atoms with Gasteiger partial charge in [0.05, 0.1) is 5.69 Å². The van der Waals surface area contributed by atoms with Crippen LogP contribution in [0.25, 0.3) is 11.4 Å². The molecule has 2 aromatic heterocycles. The molecule has 0 aliphatic carbocycles. The van der Waals surface area contributed by atoms with Crippen molar-refractivity contribution in [1.82, 2.24) is 14.3 Å². The fourth-order valence-corrected chi connectivity index (χ4v) is 6.75. The first-order chi connectivity index (χ1) is 14.6. The number of thiophene rings is 1. The molecule has 6 nitrogen and oxygen atoms in total. The average molecular weight is 441 g/mol. The van der Waals surface area contributed by atoms with E-state index in [4.69, 9.17) is 9.97 Å². The lowest BCUT2D eigenvalue weighted by atomic mass is 10.0. The highest BCUT2D eigenvalue weighted by molar-refractivity contribution is 7.91. The Bertz CT molecular complexity index is 1130. The number of fused-ring (bicyclic) bond motifs is 1. The van der Waals surface area contributed by atoms with Crippen LogP contribution in [0.2, 0.25) is 0 Å². The third-order valence-electron chi connectivity index (χ3n) is 5.78. The molecule has 0 unspecified atom stereocenters. The van der Waals surface area contributed by atoms with Crippen molar-refractivity contribution in [2.75, 3.05) is 24.5 Å². The van der Waals surface area contributed by atoms with E-state index in [9.17, 15) is 8.42 Å². The van der Waals surface area contributed by atoms with E-state index in [1.165, 1.54) is 17.8 Å². The quantitative estimate of drug-likeness (QED) is 0.615. The zero-order valence-corrected chi connectivity index (χ0v) is 18.3. The number of piperidine rings is 1. The van der Waals surface area contributed by atoms with E-state index in [0.29, 0.717) is 23.7 Å². The van der Waals surface area contributed by atoms with Gasteiger partial charge >= 0.3 is 0 Å². The van der Waals surface area contributed by atoms with Crippen molar-refractivity contribution in [3.8, 4) is 11.4 Å². The number of hydrogen-bond acceptors (Lipinski definition) is 6. The van der Waals surface area contributed by atoms with Gasteiger partial charge in [-0.25, -0.2) is 18.4 Å². The van der Waals surface area contributed by atoms with Crippen molar-refractivity contribution in [1.29, 1.82) is 0 Å². The third-order valence-corrected chi connectivity index (χ3v) is 9.00. The molecule has 5 rings (SSSR count). The van der Waals surface area contributed by atoms with Crippen LogP contribution < -0.4 is 4.90 Å². The molecule has 2 aliphatic rings. The molecule has 4 heterocycles. The van der Waals surface area contributed by atoms with Gasteiger partial charge in [0.2, 0.25) is 0 Å². The molecule has 1 fully saturated rings. The average Bonchev–Trinajstić information content (AvgIpc) is 3.35. The fourth-order valence-electron chi connectivity index (χ4n) is 4.20. The maximum absolute atomic E-state index is 13.1. The lowest BCUT2D eigenvalue weighted by molar-refractivity contribution is 0.387. The second kappa shape index (κ2) is 8.09. The predicted octanol–water partition coefficient (Wildman–Crippen LogP) is 3.94. The van der Waals surface area contributed by atoms with Crippen molar-refractivity contribution >= 4 is 27.2 Å². The summed E-state index contributed by atoms with van der Waals surface area (Å²) in [6.45, 7) is 2.68. The van der Waals surface area contributed by atoms with Gasteiger partial charge in [-0.1, -0.05) is 36.4 Å². The number of anilines is 1.